The summed E-state index contributed by atoms with van der Waals surface area (Å²) >= 11 is 1.75. The summed E-state index contributed by atoms with van der Waals surface area (Å²) < 4.78 is 5.59. The zero-order valence-electron chi connectivity index (χ0n) is 17.1. The molecule has 0 amide bonds. The van der Waals surface area contributed by atoms with Gasteiger partial charge < -0.3 is 15.0 Å². The van der Waals surface area contributed by atoms with Crippen molar-refractivity contribution in [2.75, 3.05) is 53.0 Å². The van der Waals surface area contributed by atoms with E-state index in [-0.39, 0.29) is 0 Å². The normalized spacial score (nSPS) is 22.6. The van der Waals surface area contributed by atoms with E-state index in [4.69, 9.17) is 4.74 Å². The van der Waals surface area contributed by atoms with Gasteiger partial charge in [-0.15, -0.1) is 11.3 Å². The van der Waals surface area contributed by atoms with Crippen LogP contribution in [0.1, 0.15) is 36.9 Å². The van der Waals surface area contributed by atoms with Crippen LogP contribution in [0, 0.1) is 18.8 Å². The summed E-state index contributed by atoms with van der Waals surface area (Å²) in [6.45, 7) is 12.3. The van der Waals surface area contributed by atoms with Gasteiger partial charge in [-0.1, -0.05) is 0 Å². The molecule has 7 heteroatoms. The molecule has 6 nitrogen and oxygen atoms in total. The van der Waals surface area contributed by atoms with Crippen molar-refractivity contribution in [2.24, 2.45) is 16.8 Å². The average molecular weight is 394 g/mol. The van der Waals surface area contributed by atoms with E-state index in [0.717, 1.165) is 51.3 Å². The number of aryl methyl sites for hydroxylation is 1. The molecule has 1 unspecified atom stereocenters. The largest absolute Gasteiger partial charge is 0.381 e. The predicted molar refractivity (Wildman–Crippen MR) is 112 cm³/mol. The average Bonchev–Trinajstić information content (AvgIpc) is 3.31. The highest BCUT2D eigenvalue weighted by Gasteiger charge is 2.26. The van der Waals surface area contributed by atoms with E-state index < -0.39 is 0 Å². The van der Waals surface area contributed by atoms with E-state index in [1.807, 2.05) is 7.05 Å². The number of nitrogens with one attached hydrogen (secondary N) is 1. The van der Waals surface area contributed by atoms with Crippen molar-refractivity contribution in [3.63, 3.8) is 0 Å². The van der Waals surface area contributed by atoms with E-state index in [9.17, 15) is 0 Å². The lowest BCUT2D eigenvalue weighted by Gasteiger charge is -2.32. The molecule has 0 spiro atoms. The Balaban J connectivity index is 1.36. The Morgan fingerprint density at radius 3 is 2.74 bits per heavy atom. The van der Waals surface area contributed by atoms with Crippen LogP contribution in [0.2, 0.25) is 0 Å². The van der Waals surface area contributed by atoms with E-state index >= 15 is 0 Å². The standard InChI is InChI=1S/C20H35N5OS/c1-4-26-14-18-7-10-25(12-18)20(21-3)22-11-17-5-8-24(9-6-17)13-19-15-27-16(2)23-19/h15,17-18H,4-14H2,1-3H3,(H,21,22). The quantitative estimate of drug-likeness (QED) is 0.570. The monoisotopic (exact) mass is 393 g/mol. The zero-order valence-corrected chi connectivity index (χ0v) is 17.9. The molecule has 152 valence electrons. The lowest BCUT2D eigenvalue weighted by atomic mass is 9.97. The SMILES string of the molecule is CCOCC1CCN(C(=NC)NCC2CCN(Cc3csc(C)n3)CC2)C1. The summed E-state index contributed by atoms with van der Waals surface area (Å²) in [6.07, 6.45) is 3.70. The highest BCUT2D eigenvalue weighted by Crippen LogP contribution is 2.20. The van der Waals surface area contributed by atoms with Crippen molar-refractivity contribution in [1.82, 2.24) is 20.1 Å². The van der Waals surface area contributed by atoms with Gasteiger partial charge in [0, 0.05) is 51.1 Å². The molecule has 27 heavy (non-hydrogen) atoms. The van der Waals surface area contributed by atoms with Crippen molar-refractivity contribution in [2.45, 2.75) is 39.7 Å². The molecule has 1 aromatic rings. The van der Waals surface area contributed by atoms with E-state index in [2.05, 4.69) is 44.3 Å². The second-order valence-electron chi connectivity index (χ2n) is 7.77. The first-order valence-electron chi connectivity index (χ1n) is 10.3. The van der Waals surface area contributed by atoms with Gasteiger partial charge in [0.05, 0.1) is 17.3 Å². The van der Waals surface area contributed by atoms with Crippen LogP contribution in [0.3, 0.4) is 0 Å². The van der Waals surface area contributed by atoms with Crippen LogP contribution in [-0.2, 0) is 11.3 Å². The van der Waals surface area contributed by atoms with Crippen molar-refractivity contribution in [1.29, 1.82) is 0 Å². The van der Waals surface area contributed by atoms with E-state index in [1.54, 1.807) is 11.3 Å². The van der Waals surface area contributed by atoms with E-state index in [1.165, 1.54) is 43.1 Å². The van der Waals surface area contributed by atoms with Gasteiger partial charge in [0.25, 0.3) is 0 Å². The molecular weight excluding hydrogens is 358 g/mol. The lowest BCUT2D eigenvalue weighted by Crippen LogP contribution is -2.44. The molecule has 0 aromatic carbocycles. The number of guanidine groups is 1. The molecule has 0 aliphatic carbocycles. The molecule has 0 radical (unpaired) electrons. The predicted octanol–water partition coefficient (Wildman–Crippen LogP) is 2.60. The molecule has 2 aliphatic heterocycles. The van der Waals surface area contributed by atoms with Gasteiger partial charge in [-0.2, -0.15) is 0 Å². The number of likely N-dealkylation sites (tertiary alicyclic amines) is 2. The van der Waals surface area contributed by atoms with Crippen LogP contribution in [0.25, 0.3) is 0 Å². The lowest BCUT2D eigenvalue weighted by molar-refractivity contribution is 0.114. The second-order valence-corrected chi connectivity index (χ2v) is 8.83. The molecule has 1 N–H and O–H groups in total. The van der Waals surface area contributed by atoms with Crippen LogP contribution in [0.5, 0.6) is 0 Å². The van der Waals surface area contributed by atoms with Gasteiger partial charge >= 0.3 is 0 Å². The number of aromatic nitrogens is 1. The number of piperidine rings is 1. The smallest absolute Gasteiger partial charge is 0.193 e. The van der Waals surface area contributed by atoms with Gasteiger partial charge in [-0.05, 0) is 52.1 Å². The number of hydrogen-bond donors (Lipinski definition) is 1. The van der Waals surface area contributed by atoms with Crippen LogP contribution >= 0.6 is 11.3 Å². The fourth-order valence-electron chi connectivity index (χ4n) is 4.07. The van der Waals surface area contributed by atoms with Crippen molar-refractivity contribution < 1.29 is 4.74 Å². The van der Waals surface area contributed by atoms with Gasteiger partial charge in [0.1, 0.15) is 0 Å². The molecule has 3 heterocycles. The van der Waals surface area contributed by atoms with Crippen molar-refractivity contribution in [3.8, 4) is 0 Å². The summed E-state index contributed by atoms with van der Waals surface area (Å²) in [5.74, 6) is 2.44. The highest BCUT2D eigenvalue weighted by atomic mass is 32.1. The molecule has 0 bridgehead atoms. The molecule has 1 atom stereocenters. The van der Waals surface area contributed by atoms with Gasteiger partial charge in [-0.3, -0.25) is 9.89 Å². The Morgan fingerprint density at radius 1 is 1.30 bits per heavy atom. The molecular formula is C20H35N5OS. The third-order valence-corrected chi connectivity index (χ3v) is 6.49. The van der Waals surface area contributed by atoms with Gasteiger partial charge in [0.15, 0.2) is 5.96 Å². The summed E-state index contributed by atoms with van der Waals surface area (Å²) in [5, 5.41) is 7.00. The number of ether oxygens (including phenoxy) is 1. The molecule has 2 saturated heterocycles. The Hall–Kier alpha value is -1.18. The number of nitrogens with zero attached hydrogens (tertiary/aromatic N) is 4. The first-order chi connectivity index (χ1) is 13.2. The molecule has 1 aromatic heterocycles. The van der Waals surface area contributed by atoms with Crippen LogP contribution in [-0.4, -0.2) is 73.7 Å². The second kappa shape index (κ2) is 10.4. The first-order valence-corrected chi connectivity index (χ1v) is 11.2. The van der Waals surface area contributed by atoms with E-state index in [0.29, 0.717) is 5.92 Å². The molecule has 2 fully saturated rings. The number of hydrogen-bond acceptors (Lipinski definition) is 5. The van der Waals surface area contributed by atoms with Gasteiger partial charge in [-0.25, -0.2) is 4.98 Å². The van der Waals surface area contributed by atoms with Gasteiger partial charge in [0.2, 0.25) is 0 Å². The minimum Gasteiger partial charge on any atom is -0.381 e. The minimum absolute atomic E-state index is 0.640. The Kier molecular flexibility index (Phi) is 7.91. The fourth-order valence-corrected chi connectivity index (χ4v) is 4.68. The molecule has 2 aliphatic rings. The molecule has 3 rings (SSSR count). The van der Waals surface area contributed by atoms with Crippen LogP contribution in [0.15, 0.2) is 10.4 Å². The fraction of sp³-hybridized carbons (Fsp3) is 0.800. The Morgan fingerprint density at radius 2 is 2.07 bits per heavy atom. The highest BCUT2D eigenvalue weighted by molar-refractivity contribution is 7.09. The Bertz CT molecular complexity index is 597. The summed E-state index contributed by atoms with van der Waals surface area (Å²) in [7, 11) is 1.90. The number of aliphatic imine (C=N–C) groups is 1. The molecule has 0 saturated carbocycles. The third-order valence-electron chi connectivity index (χ3n) is 5.66. The maximum absolute atomic E-state index is 5.59. The number of thiazole rings is 1. The zero-order chi connectivity index (χ0) is 19.1. The minimum atomic E-state index is 0.640. The van der Waals surface area contributed by atoms with Crippen molar-refractivity contribution >= 4 is 17.3 Å². The van der Waals surface area contributed by atoms with Crippen LogP contribution < -0.4 is 5.32 Å². The maximum atomic E-state index is 5.59. The van der Waals surface area contributed by atoms with Crippen LogP contribution in [0.4, 0.5) is 0 Å². The first kappa shape index (κ1) is 20.6. The summed E-state index contributed by atoms with van der Waals surface area (Å²) in [5.41, 5.74) is 1.23. The third kappa shape index (κ3) is 6.16. The maximum Gasteiger partial charge on any atom is 0.193 e. The van der Waals surface area contributed by atoms with Crippen molar-refractivity contribution in [3.05, 3.63) is 16.1 Å². The summed E-state index contributed by atoms with van der Waals surface area (Å²) in [4.78, 5) is 14.0. The topological polar surface area (TPSA) is 53.0 Å². The number of rotatable bonds is 7. The summed E-state index contributed by atoms with van der Waals surface area (Å²) in [6, 6.07) is 0. The Labute approximate surface area is 168 Å².